The third-order valence-electron chi connectivity index (χ3n) is 4.40. The molecule has 6 heteroatoms. The molecule has 6 nitrogen and oxygen atoms in total. The lowest BCUT2D eigenvalue weighted by Gasteiger charge is -2.22. The van der Waals surface area contributed by atoms with Crippen molar-refractivity contribution in [3.63, 3.8) is 0 Å². The molecule has 1 atom stereocenters. The number of fused-ring (bicyclic) bond motifs is 3. The predicted octanol–water partition coefficient (Wildman–Crippen LogP) is 3.26. The second-order valence-electron chi connectivity index (χ2n) is 5.95. The van der Waals surface area contributed by atoms with Gasteiger partial charge in [-0.25, -0.2) is 4.98 Å². The number of ether oxygens (including phenoxy) is 1. The van der Waals surface area contributed by atoms with Gasteiger partial charge in [-0.15, -0.1) is 0 Å². The number of carbonyl (C=O) groups is 1. The van der Waals surface area contributed by atoms with Gasteiger partial charge in [0.15, 0.2) is 0 Å². The Morgan fingerprint density at radius 1 is 1.46 bits per heavy atom. The molecule has 0 aliphatic carbocycles. The average molecular weight is 322 g/mol. The fourth-order valence-electron chi connectivity index (χ4n) is 3.22. The van der Waals surface area contributed by atoms with Gasteiger partial charge in [0.25, 0.3) is 5.91 Å². The van der Waals surface area contributed by atoms with Crippen molar-refractivity contribution in [1.29, 1.82) is 0 Å². The van der Waals surface area contributed by atoms with E-state index >= 15 is 0 Å². The van der Waals surface area contributed by atoms with Crippen LogP contribution in [0.3, 0.4) is 0 Å². The first-order chi connectivity index (χ1) is 11.7. The quantitative estimate of drug-likeness (QED) is 0.777. The number of nitrogens with zero attached hydrogens (tertiary/aromatic N) is 2. The van der Waals surface area contributed by atoms with Crippen molar-refractivity contribution in [1.82, 2.24) is 14.5 Å². The number of carbonyl (C=O) groups excluding carboxylic acids is 1. The van der Waals surface area contributed by atoms with Crippen molar-refractivity contribution in [2.75, 3.05) is 12.4 Å². The van der Waals surface area contributed by atoms with Crippen LogP contribution in [0.15, 0.2) is 42.9 Å². The number of anilines is 1. The van der Waals surface area contributed by atoms with E-state index in [9.17, 15) is 4.79 Å². The molecule has 0 unspecified atom stereocenters. The summed E-state index contributed by atoms with van der Waals surface area (Å²) in [5, 5.41) is 2.93. The highest BCUT2D eigenvalue weighted by molar-refractivity contribution is 6.08. The summed E-state index contributed by atoms with van der Waals surface area (Å²) in [4.78, 5) is 20.4. The first-order valence-corrected chi connectivity index (χ1v) is 7.86. The normalized spacial score (nSPS) is 15.5. The molecule has 0 spiro atoms. The van der Waals surface area contributed by atoms with Crippen molar-refractivity contribution in [3.05, 3.63) is 54.1 Å². The zero-order chi connectivity index (χ0) is 16.7. The molecule has 1 aliphatic heterocycles. The van der Waals surface area contributed by atoms with Crippen LogP contribution in [0.5, 0.6) is 5.75 Å². The maximum Gasteiger partial charge on any atom is 0.257 e. The van der Waals surface area contributed by atoms with Gasteiger partial charge in [-0.3, -0.25) is 4.79 Å². The molecule has 2 aromatic heterocycles. The summed E-state index contributed by atoms with van der Waals surface area (Å²) in [6.45, 7) is 2.14. The molecule has 1 aromatic carbocycles. The van der Waals surface area contributed by atoms with E-state index in [2.05, 4.69) is 26.8 Å². The first kappa shape index (κ1) is 14.6. The zero-order valence-electron chi connectivity index (χ0n) is 13.5. The summed E-state index contributed by atoms with van der Waals surface area (Å²) in [6, 6.07) is 7.63. The number of H-pyrrole nitrogens is 1. The van der Waals surface area contributed by atoms with Crippen LogP contribution < -0.4 is 10.1 Å². The monoisotopic (exact) mass is 322 g/mol. The van der Waals surface area contributed by atoms with Crippen molar-refractivity contribution in [3.8, 4) is 17.1 Å². The van der Waals surface area contributed by atoms with Crippen LogP contribution >= 0.6 is 0 Å². The molecule has 1 aliphatic rings. The fraction of sp³-hybridized carbons (Fsp3) is 0.222. The Hall–Kier alpha value is -3.02. The number of rotatable bonds is 3. The van der Waals surface area contributed by atoms with Gasteiger partial charge < -0.3 is 19.6 Å². The molecular weight excluding hydrogens is 304 g/mol. The summed E-state index contributed by atoms with van der Waals surface area (Å²) in [5.74, 6) is 1.37. The highest BCUT2D eigenvalue weighted by Crippen LogP contribution is 2.35. The fourth-order valence-corrected chi connectivity index (χ4v) is 3.22. The van der Waals surface area contributed by atoms with Crippen LogP contribution in [0.2, 0.25) is 0 Å². The van der Waals surface area contributed by atoms with Crippen LogP contribution in [0.25, 0.3) is 11.4 Å². The minimum absolute atomic E-state index is 0.162. The number of methoxy groups -OCH3 is 1. The number of imidazole rings is 1. The Labute approximate surface area is 139 Å². The topological polar surface area (TPSA) is 71.9 Å². The van der Waals surface area contributed by atoms with Crippen molar-refractivity contribution in [2.24, 2.45) is 0 Å². The van der Waals surface area contributed by atoms with E-state index in [0.29, 0.717) is 23.0 Å². The largest absolute Gasteiger partial charge is 0.497 e. The minimum atomic E-state index is -0.162. The average Bonchev–Trinajstić information content (AvgIpc) is 3.21. The molecular formula is C18H18N4O2. The van der Waals surface area contributed by atoms with E-state index in [1.165, 1.54) is 0 Å². The number of nitrogens with one attached hydrogen (secondary N) is 2. The standard InChI is InChI=1S/C18H18N4O2/c1-11-8-15-16(17-19-6-7-22(11)17)14(10-20-15)18(23)21-12-4-3-5-13(9-12)24-2/h3-7,9-11,20H,8H2,1-2H3,(H,21,23)/t11-/m0/s1. The lowest BCUT2D eigenvalue weighted by molar-refractivity contribution is 0.102. The number of benzene rings is 1. The molecule has 3 heterocycles. The first-order valence-electron chi connectivity index (χ1n) is 7.86. The summed E-state index contributed by atoms with van der Waals surface area (Å²) < 4.78 is 7.30. The van der Waals surface area contributed by atoms with Gasteiger partial charge in [0.2, 0.25) is 0 Å². The van der Waals surface area contributed by atoms with Gasteiger partial charge in [0.1, 0.15) is 11.6 Å². The molecule has 4 rings (SSSR count). The van der Waals surface area contributed by atoms with Crippen LogP contribution in [-0.2, 0) is 6.42 Å². The van der Waals surface area contributed by atoms with Gasteiger partial charge in [-0.2, -0.15) is 0 Å². The Kier molecular flexibility index (Phi) is 3.37. The molecule has 0 fully saturated rings. The van der Waals surface area contributed by atoms with Gasteiger partial charge in [0, 0.05) is 48.5 Å². The second-order valence-corrected chi connectivity index (χ2v) is 5.95. The summed E-state index contributed by atoms with van der Waals surface area (Å²) >= 11 is 0. The third kappa shape index (κ3) is 2.27. The maximum absolute atomic E-state index is 12.8. The van der Waals surface area contributed by atoms with Gasteiger partial charge in [-0.05, 0) is 19.1 Å². The molecule has 0 saturated carbocycles. The smallest absolute Gasteiger partial charge is 0.257 e. The highest BCUT2D eigenvalue weighted by atomic mass is 16.5. The Bertz CT molecular complexity index is 909. The van der Waals surface area contributed by atoms with Crippen molar-refractivity contribution >= 4 is 11.6 Å². The van der Waals surface area contributed by atoms with Crippen LogP contribution in [-0.4, -0.2) is 27.6 Å². The van der Waals surface area contributed by atoms with Gasteiger partial charge in [-0.1, -0.05) is 6.07 Å². The number of hydrogen-bond donors (Lipinski definition) is 2. The Morgan fingerprint density at radius 3 is 3.17 bits per heavy atom. The van der Waals surface area contributed by atoms with E-state index in [-0.39, 0.29) is 5.91 Å². The van der Waals surface area contributed by atoms with Gasteiger partial charge >= 0.3 is 0 Å². The zero-order valence-corrected chi connectivity index (χ0v) is 13.5. The molecule has 3 aromatic rings. The summed E-state index contributed by atoms with van der Waals surface area (Å²) in [5.41, 5.74) is 3.24. The third-order valence-corrected chi connectivity index (χ3v) is 4.40. The lowest BCUT2D eigenvalue weighted by atomic mass is 10.0. The SMILES string of the molecule is COc1cccc(NC(=O)c2c[nH]c3c2-c2nccn2[C@@H](C)C3)c1. The highest BCUT2D eigenvalue weighted by Gasteiger charge is 2.28. The number of hydrogen-bond acceptors (Lipinski definition) is 3. The summed E-state index contributed by atoms with van der Waals surface area (Å²) in [6.07, 6.45) is 6.35. The van der Waals surface area contributed by atoms with Crippen LogP contribution in [0, 0.1) is 0 Å². The molecule has 0 bridgehead atoms. The molecule has 24 heavy (non-hydrogen) atoms. The number of aromatic amines is 1. The maximum atomic E-state index is 12.8. The second kappa shape index (κ2) is 5.56. The number of aromatic nitrogens is 3. The summed E-state index contributed by atoms with van der Waals surface area (Å²) in [7, 11) is 1.60. The lowest BCUT2D eigenvalue weighted by Crippen LogP contribution is -2.18. The van der Waals surface area contributed by atoms with Crippen LogP contribution in [0.4, 0.5) is 5.69 Å². The van der Waals surface area contributed by atoms with Gasteiger partial charge in [0.05, 0.1) is 18.2 Å². The van der Waals surface area contributed by atoms with Crippen LogP contribution in [0.1, 0.15) is 29.0 Å². The predicted molar refractivity (Wildman–Crippen MR) is 91.4 cm³/mol. The molecule has 1 amide bonds. The van der Waals surface area contributed by atoms with E-state index in [4.69, 9.17) is 4.74 Å². The number of amides is 1. The van der Waals surface area contributed by atoms with E-state index in [0.717, 1.165) is 23.5 Å². The Morgan fingerprint density at radius 2 is 2.33 bits per heavy atom. The Balaban J connectivity index is 1.68. The van der Waals surface area contributed by atoms with E-state index < -0.39 is 0 Å². The molecule has 2 N–H and O–H groups in total. The van der Waals surface area contributed by atoms with E-state index in [1.54, 1.807) is 25.6 Å². The molecule has 0 radical (unpaired) electrons. The molecule has 0 saturated heterocycles. The van der Waals surface area contributed by atoms with Crippen molar-refractivity contribution < 1.29 is 9.53 Å². The molecule has 122 valence electrons. The van der Waals surface area contributed by atoms with E-state index in [1.807, 2.05) is 24.4 Å². The minimum Gasteiger partial charge on any atom is -0.497 e. The van der Waals surface area contributed by atoms with Crippen molar-refractivity contribution in [2.45, 2.75) is 19.4 Å².